The molecule has 0 aromatic carbocycles. The normalized spacial score (nSPS) is 16.8. The molecular formula is C4H8BrNO3. The largest absolute Gasteiger partial charge is 0.313 e. The molecule has 5 heteroatoms. The van der Waals surface area contributed by atoms with Crippen molar-refractivity contribution >= 4 is 15.9 Å². The maximum absolute atomic E-state index is 9.89. The molecule has 0 aliphatic carbocycles. The summed E-state index contributed by atoms with van der Waals surface area (Å²) in [7, 11) is 0. The molecule has 0 aromatic heterocycles. The zero-order valence-electron chi connectivity index (χ0n) is 5.20. The quantitative estimate of drug-likeness (QED) is 0.297. The van der Waals surface area contributed by atoms with E-state index in [1.54, 1.807) is 6.92 Å². The van der Waals surface area contributed by atoms with E-state index in [9.17, 15) is 10.1 Å². The first kappa shape index (κ1) is 8.84. The molecule has 0 spiro atoms. The lowest BCUT2D eigenvalue weighted by Crippen LogP contribution is -2.21. The van der Waals surface area contributed by atoms with Crippen LogP contribution in [0, 0.1) is 10.1 Å². The van der Waals surface area contributed by atoms with Crippen LogP contribution < -0.4 is 0 Å². The van der Waals surface area contributed by atoms with Gasteiger partial charge in [-0.05, 0) is 6.92 Å². The Balaban J connectivity index is 3.50. The van der Waals surface area contributed by atoms with Crippen molar-refractivity contribution in [2.24, 2.45) is 0 Å². The molecule has 0 amide bonds. The number of hydrogen-bond donors (Lipinski definition) is 0. The lowest BCUT2D eigenvalue weighted by molar-refractivity contribution is -0.571. The third-order valence-corrected chi connectivity index (χ3v) is 0.897. The summed E-state index contributed by atoms with van der Waals surface area (Å²) in [6.45, 7) is 3.07. The number of nitrogens with zero attached hydrogens (tertiary/aromatic N) is 1. The summed E-state index contributed by atoms with van der Waals surface area (Å²) in [6.07, 6.45) is -0.931. The van der Waals surface area contributed by atoms with E-state index in [-0.39, 0.29) is 5.01 Å². The highest BCUT2D eigenvalue weighted by Crippen LogP contribution is 2.03. The Morgan fingerprint density at radius 1 is 1.67 bits per heavy atom. The fraction of sp³-hybridized carbons (Fsp3) is 1.00. The van der Waals surface area contributed by atoms with E-state index in [2.05, 4.69) is 15.9 Å². The first-order valence-electron chi connectivity index (χ1n) is 2.47. The van der Waals surface area contributed by atoms with Crippen molar-refractivity contribution in [3.8, 4) is 0 Å². The molecule has 0 radical (unpaired) electrons. The molecule has 4 nitrogen and oxygen atoms in total. The second-order valence-corrected chi connectivity index (χ2v) is 2.85. The number of rotatable bonds is 3. The van der Waals surface area contributed by atoms with E-state index < -0.39 is 11.2 Å². The summed E-state index contributed by atoms with van der Waals surface area (Å²) in [5, 5.41) is 9.63. The van der Waals surface area contributed by atoms with Gasteiger partial charge in [0.1, 0.15) is 5.01 Å². The molecule has 2 unspecified atom stereocenters. The van der Waals surface area contributed by atoms with Crippen molar-refractivity contribution in [2.45, 2.75) is 25.1 Å². The lowest BCUT2D eigenvalue weighted by atomic mass is 10.7. The Morgan fingerprint density at radius 2 is 2.11 bits per heavy atom. The standard InChI is InChI=1S/C4H8BrNO3/c1-3(5)9-4(2)6(7)8/h3-4H,1-2H3. The minimum Gasteiger partial charge on any atom is -0.303 e. The molecule has 0 aliphatic heterocycles. The second kappa shape index (κ2) is 3.79. The van der Waals surface area contributed by atoms with Crippen LogP contribution in [0.25, 0.3) is 0 Å². The van der Waals surface area contributed by atoms with Gasteiger partial charge in [0.05, 0.1) is 4.92 Å². The molecule has 0 N–H and O–H groups in total. The maximum atomic E-state index is 9.89. The Labute approximate surface area is 61.5 Å². The molecular weight excluding hydrogens is 190 g/mol. The van der Waals surface area contributed by atoms with Crippen molar-refractivity contribution in [3.05, 3.63) is 10.1 Å². The minimum absolute atomic E-state index is 0.266. The van der Waals surface area contributed by atoms with Gasteiger partial charge in [0.2, 0.25) is 0 Å². The maximum Gasteiger partial charge on any atom is 0.313 e. The van der Waals surface area contributed by atoms with Crippen LogP contribution in [-0.2, 0) is 4.74 Å². The Hall–Kier alpha value is -0.160. The van der Waals surface area contributed by atoms with Gasteiger partial charge in [-0.3, -0.25) is 10.1 Å². The van der Waals surface area contributed by atoms with E-state index in [0.717, 1.165) is 0 Å². The highest BCUT2D eigenvalue weighted by molar-refractivity contribution is 9.09. The predicted molar refractivity (Wildman–Crippen MR) is 35.9 cm³/mol. The van der Waals surface area contributed by atoms with Gasteiger partial charge in [0, 0.05) is 6.92 Å². The molecule has 0 aromatic rings. The van der Waals surface area contributed by atoms with Crippen LogP contribution in [0.2, 0.25) is 0 Å². The molecule has 2 atom stereocenters. The molecule has 0 heterocycles. The number of alkyl halides is 1. The Morgan fingerprint density at radius 3 is 2.22 bits per heavy atom. The molecule has 0 aliphatic rings. The summed E-state index contributed by atoms with van der Waals surface area (Å²) in [5.41, 5.74) is 0. The highest BCUT2D eigenvalue weighted by Gasteiger charge is 2.14. The van der Waals surface area contributed by atoms with E-state index in [1.165, 1.54) is 6.92 Å². The van der Waals surface area contributed by atoms with Crippen LogP contribution in [0.1, 0.15) is 13.8 Å². The monoisotopic (exact) mass is 197 g/mol. The van der Waals surface area contributed by atoms with Crippen LogP contribution >= 0.6 is 15.9 Å². The molecule has 0 bridgehead atoms. The van der Waals surface area contributed by atoms with Gasteiger partial charge >= 0.3 is 6.23 Å². The smallest absolute Gasteiger partial charge is 0.303 e. The van der Waals surface area contributed by atoms with Crippen LogP contribution in [0.15, 0.2) is 0 Å². The number of nitro groups is 1. The predicted octanol–water partition coefficient (Wildman–Crippen LogP) is 1.37. The average molecular weight is 198 g/mol. The summed E-state index contributed by atoms with van der Waals surface area (Å²) >= 11 is 3.02. The van der Waals surface area contributed by atoms with E-state index >= 15 is 0 Å². The van der Waals surface area contributed by atoms with Gasteiger partial charge in [-0.25, -0.2) is 0 Å². The summed E-state index contributed by atoms with van der Waals surface area (Å²) in [6, 6.07) is 0. The minimum atomic E-state index is -0.931. The van der Waals surface area contributed by atoms with Crippen LogP contribution in [0.5, 0.6) is 0 Å². The van der Waals surface area contributed by atoms with Gasteiger partial charge in [0.15, 0.2) is 0 Å². The molecule has 54 valence electrons. The van der Waals surface area contributed by atoms with Crippen LogP contribution in [0.4, 0.5) is 0 Å². The summed E-state index contributed by atoms with van der Waals surface area (Å²) in [5.74, 6) is 0. The fourth-order valence-electron chi connectivity index (χ4n) is 0.321. The van der Waals surface area contributed by atoms with Crippen molar-refractivity contribution in [3.63, 3.8) is 0 Å². The van der Waals surface area contributed by atoms with E-state index in [4.69, 9.17) is 4.74 Å². The third kappa shape index (κ3) is 4.35. The van der Waals surface area contributed by atoms with Crippen molar-refractivity contribution in [1.29, 1.82) is 0 Å². The van der Waals surface area contributed by atoms with E-state index in [0.29, 0.717) is 0 Å². The molecule has 0 fully saturated rings. The van der Waals surface area contributed by atoms with Gasteiger partial charge < -0.3 is 4.74 Å². The number of halogens is 1. The van der Waals surface area contributed by atoms with Gasteiger partial charge in [-0.15, -0.1) is 0 Å². The Bertz CT molecular complexity index is 106. The van der Waals surface area contributed by atoms with Crippen molar-refractivity contribution in [2.75, 3.05) is 0 Å². The average Bonchev–Trinajstić information content (AvgIpc) is 1.63. The van der Waals surface area contributed by atoms with Crippen LogP contribution in [0.3, 0.4) is 0 Å². The number of ether oxygens (including phenoxy) is 1. The first-order chi connectivity index (χ1) is 4.04. The van der Waals surface area contributed by atoms with Gasteiger partial charge in [0.25, 0.3) is 0 Å². The molecule has 0 saturated carbocycles. The molecule has 9 heavy (non-hydrogen) atoms. The van der Waals surface area contributed by atoms with Gasteiger partial charge in [-0.1, -0.05) is 15.9 Å². The van der Waals surface area contributed by atoms with Gasteiger partial charge in [-0.2, -0.15) is 0 Å². The topological polar surface area (TPSA) is 52.4 Å². The lowest BCUT2D eigenvalue weighted by Gasteiger charge is -2.06. The van der Waals surface area contributed by atoms with Crippen LogP contribution in [-0.4, -0.2) is 16.2 Å². The third-order valence-electron chi connectivity index (χ3n) is 0.681. The van der Waals surface area contributed by atoms with Crippen molar-refractivity contribution in [1.82, 2.24) is 0 Å². The summed E-state index contributed by atoms with van der Waals surface area (Å²) < 4.78 is 4.73. The first-order valence-corrected chi connectivity index (χ1v) is 3.38. The SMILES string of the molecule is CC(Br)OC(C)[N+](=O)[O-]. The zero-order valence-corrected chi connectivity index (χ0v) is 6.79. The Kier molecular flexibility index (Phi) is 3.72. The van der Waals surface area contributed by atoms with E-state index in [1.807, 2.05) is 0 Å². The highest BCUT2D eigenvalue weighted by atomic mass is 79.9. The second-order valence-electron chi connectivity index (χ2n) is 1.56. The number of hydrogen-bond acceptors (Lipinski definition) is 3. The zero-order chi connectivity index (χ0) is 7.44. The summed E-state index contributed by atoms with van der Waals surface area (Å²) in [4.78, 5) is 9.41. The molecule has 0 saturated heterocycles. The van der Waals surface area contributed by atoms with Crippen molar-refractivity contribution < 1.29 is 9.66 Å². The molecule has 0 rings (SSSR count). The fourth-order valence-corrected chi connectivity index (χ4v) is 0.633.